The van der Waals surface area contributed by atoms with Crippen LogP contribution in [-0.4, -0.2) is 46.8 Å². The van der Waals surface area contributed by atoms with E-state index in [4.69, 9.17) is 4.98 Å². The molecule has 1 unspecified atom stereocenters. The number of aromatic nitrogens is 1. The van der Waals surface area contributed by atoms with Crippen molar-refractivity contribution in [2.45, 2.75) is 25.6 Å². The van der Waals surface area contributed by atoms with Gasteiger partial charge in [0.1, 0.15) is 5.82 Å². The number of carbonyl (C=O) groups excluding carboxylic acids is 1. The van der Waals surface area contributed by atoms with Gasteiger partial charge in [-0.2, -0.15) is 0 Å². The summed E-state index contributed by atoms with van der Waals surface area (Å²) in [6.07, 6.45) is 0. The number of halogens is 1. The molecule has 0 aliphatic carbocycles. The van der Waals surface area contributed by atoms with Crippen molar-refractivity contribution in [3.05, 3.63) is 35.4 Å². The third-order valence-corrected chi connectivity index (χ3v) is 4.88. The smallest absolute Gasteiger partial charge is 0.236 e. The van der Waals surface area contributed by atoms with Crippen LogP contribution in [0.1, 0.15) is 18.1 Å². The van der Waals surface area contributed by atoms with Crippen LogP contribution < -0.4 is 4.90 Å². The van der Waals surface area contributed by atoms with Crippen LogP contribution in [0.5, 0.6) is 0 Å². The lowest BCUT2D eigenvalue weighted by Gasteiger charge is -2.36. The summed E-state index contributed by atoms with van der Waals surface area (Å²) in [4.78, 5) is 21.0. The zero-order valence-corrected chi connectivity index (χ0v) is 15.4. The number of aryl methyl sites for hydroxylation is 2. The van der Waals surface area contributed by atoms with Gasteiger partial charge in [0.2, 0.25) is 5.91 Å². The summed E-state index contributed by atoms with van der Waals surface area (Å²) in [5.74, 6) is 1.19. The number of amides is 1. The van der Waals surface area contributed by atoms with E-state index < -0.39 is 0 Å². The van der Waals surface area contributed by atoms with Crippen molar-refractivity contribution in [3.63, 3.8) is 0 Å². The molecule has 1 amide bonds. The molecular weight excluding hydrogens is 354 g/mol. The van der Waals surface area contributed by atoms with E-state index in [1.54, 1.807) is 0 Å². The highest BCUT2D eigenvalue weighted by molar-refractivity contribution is 9.10. The fourth-order valence-electron chi connectivity index (χ4n) is 3.11. The molecule has 1 aliphatic rings. The van der Waals surface area contributed by atoms with Crippen molar-refractivity contribution in [2.75, 3.05) is 31.1 Å². The number of rotatable bonds is 2. The van der Waals surface area contributed by atoms with Crippen LogP contribution in [0.3, 0.4) is 0 Å². The van der Waals surface area contributed by atoms with Crippen molar-refractivity contribution in [2.24, 2.45) is 0 Å². The van der Waals surface area contributed by atoms with Gasteiger partial charge in [-0.3, -0.25) is 4.79 Å². The Bertz CT molecular complexity index is 736. The van der Waals surface area contributed by atoms with Gasteiger partial charge >= 0.3 is 0 Å². The minimum Gasteiger partial charge on any atom is -0.353 e. The fourth-order valence-corrected chi connectivity index (χ4v) is 3.40. The Kier molecular flexibility index (Phi) is 4.57. The lowest BCUT2D eigenvalue weighted by molar-refractivity contribution is -0.130. The highest BCUT2D eigenvalue weighted by Gasteiger charge is 2.24. The summed E-state index contributed by atoms with van der Waals surface area (Å²) in [5.41, 5.74) is 3.53. The molecule has 2 aromatic rings. The van der Waals surface area contributed by atoms with Crippen molar-refractivity contribution in [3.8, 4) is 0 Å². The molecule has 5 heteroatoms. The first-order valence-electron chi connectivity index (χ1n) is 8.02. The van der Waals surface area contributed by atoms with Crippen LogP contribution >= 0.6 is 15.9 Å². The molecule has 3 rings (SSSR count). The van der Waals surface area contributed by atoms with Gasteiger partial charge in [0.25, 0.3) is 0 Å². The number of hydrogen-bond acceptors (Lipinski definition) is 3. The summed E-state index contributed by atoms with van der Waals surface area (Å²) < 4.78 is 0. The summed E-state index contributed by atoms with van der Waals surface area (Å²) in [7, 11) is 0. The van der Waals surface area contributed by atoms with Crippen LogP contribution in [0, 0.1) is 13.8 Å². The molecule has 0 bridgehead atoms. The number of para-hydroxylation sites is 1. The Balaban J connectivity index is 1.83. The lowest BCUT2D eigenvalue weighted by atomic mass is 10.1. The third-order valence-electron chi connectivity index (χ3n) is 4.49. The summed E-state index contributed by atoms with van der Waals surface area (Å²) >= 11 is 3.36. The van der Waals surface area contributed by atoms with Gasteiger partial charge in [-0.05, 0) is 38.0 Å². The molecule has 4 nitrogen and oxygen atoms in total. The molecule has 1 atom stereocenters. The number of fused-ring (bicyclic) bond motifs is 1. The number of alkyl halides is 1. The number of anilines is 1. The van der Waals surface area contributed by atoms with E-state index in [-0.39, 0.29) is 10.7 Å². The average Bonchev–Trinajstić information content (AvgIpc) is 2.55. The van der Waals surface area contributed by atoms with Crippen LogP contribution in [0.4, 0.5) is 5.82 Å². The molecule has 1 fully saturated rings. The van der Waals surface area contributed by atoms with E-state index >= 15 is 0 Å². The quantitative estimate of drug-likeness (QED) is 0.755. The molecule has 0 spiro atoms. The molecule has 1 saturated heterocycles. The van der Waals surface area contributed by atoms with E-state index in [2.05, 4.69) is 58.9 Å². The predicted octanol–water partition coefficient (Wildman–Crippen LogP) is 3.28. The Hall–Kier alpha value is -1.62. The second kappa shape index (κ2) is 6.48. The summed E-state index contributed by atoms with van der Waals surface area (Å²) in [5, 5.41) is 1.22. The Labute approximate surface area is 145 Å². The molecule has 23 heavy (non-hydrogen) atoms. The maximum atomic E-state index is 12.1. The molecule has 0 radical (unpaired) electrons. The second-order valence-corrected chi connectivity index (χ2v) is 7.57. The number of carbonyl (C=O) groups is 1. The minimum absolute atomic E-state index is 0.113. The molecular formula is C18H22BrN3O. The predicted molar refractivity (Wildman–Crippen MR) is 98.4 cm³/mol. The van der Waals surface area contributed by atoms with E-state index in [1.807, 2.05) is 11.8 Å². The van der Waals surface area contributed by atoms with E-state index in [0.29, 0.717) is 0 Å². The SMILES string of the molecule is Cc1cc(N2CCN(C(=O)C(C)Br)CC2)nc2c(C)cccc12. The lowest BCUT2D eigenvalue weighted by Crippen LogP contribution is -2.50. The van der Waals surface area contributed by atoms with E-state index in [9.17, 15) is 4.79 Å². The van der Waals surface area contributed by atoms with Crippen LogP contribution in [0.25, 0.3) is 10.9 Å². The topological polar surface area (TPSA) is 36.4 Å². The monoisotopic (exact) mass is 375 g/mol. The largest absolute Gasteiger partial charge is 0.353 e. The van der Waals surface area contributed by atoms with Crippen molar-refractivity contribution >= 4 is 38.6 Å². The minimum atomic E-state index is -0.113. The maximum Gasteiger partial charge on any atom is 0.236 e. The van der Waals surface area contributed by atoms with Crippen molar-refractivity contribution < 1.29 is 4.79 Å². The molecule has 0 N–H and O–H groups in total. The Morgan fingerprint density at radius 2 is 1.87 bits per heavy atom. The normalized spacial score (nSPS) is 16.7. The number of nitrogens with zero attached hydrogens (tertiary/aromatic N) is 3. The maximum absolute atomic E-state index is 12.1. The van der Waals surface area contributed by atoms with Gasteiger partial charge in [0.05, 0.1) is 10.3 Å². The number of hydrogen-bond donors (Lipinski definition) is 0. The third kappa shape index (κ3) is 3.20. The van der Waals surface area contributed by atoms with Crippen LogP contribution in [-0.2, 0) is 4.79 Å². The van der Waals surface area contributed by atoms with E-state index in [0.717, 1.165) is 37.5 Å². The number of benzene rings is 1. The fraction of sp³-hybridized carbons (Fsp3) is 0.444. The van der Waals surface area contributed by atoms with E-state index in [1.165, 1.54) is 16.5 Å². The standard InChI is InChI=1S/C18H22BrN3O/c1-12-5-4-6-15-13(2)11-16(20-17(12)15)21-7-9-22(10-8-21)18(23)14(3)19/h4-6,11,14H,7-10H2,1-3H3. The van der Waals surface area contributed by atoms with Gasteiger partial charge in [0.15, 0.2) is 0 Å². The number of piperazine rings is 1. The summed E-state index contributed by atoms with van der Waals surface area (Å²) in [6.45, 7) is 9.28. The molecule has 1 aromatic carbocycles. The van der Waals surface area contributed by atoms with Gasteiger partial charge in [-0.25, -0.2) is 4.98 Å². The van der Waals surface area contributed by atoms with Gasteiger partial charge in [-0.1, -0.05) is 34.1 Å². The summed E-state index contributed by atoms with van der Waals surface area (Å²) in [6, 6.07) is 8.47. The second-order valence-electron chi connectivity index (χ2n) is 6.20. The molecule has 122 valence electrons. The number of pyridine rings is 1. The zero-order valence-electron chi connectivity index (χ0n) is 13.8. The van der Waals surface area contributed by atoms with Gasteiger partial charge in [-0.15, -0.1) is 0 Å². The molecule has 1 aliphatic heterocycles. The van der Waals surface area contributed by atoms with Crippen LogP contribution in [0.15, 0.2) is 24.3 Å². The van der Waals surface area contributed by atoms with Crippen molar-refractivity contribution in [1.29, 1.82) is 0 Å². The molecule has 1 aromatic heterocycles. The highest BCUT2D eigenvalue weighted by Crippen LogP contribution is 2.25. The first-order valence-corrected chi connectivity index (χ1v) is 8.93. The zero-order chi connectivity index (χ0) is 16.6. The average molecular weight is 376 g/mol. The first-order chi connectivity index (χ1) is 11.0. The van der Waals surface area contributed by atoms with Gasteiger partial charge < -0.3 is 9.80 Å². The Morgan fingerprint density at radius 3 is 2.52 bits per heavy atom. The molecule has 0 saturated carbocycles. The first kappa shape index (κ1) is 16.2. The highest BCUT2D eigenvalue weighted by atomic mass is 79.9. The van der Waals surface area contributed by atoms with Crippen LogP contribution in [0.2, 0.25) is 0 Å². The molecule has 2 heterocycles. The van der Waals surface area contributed by atoms with Gasteiger partial charge in [0, 0.05) is 31.6 Å². The Morgan fingerprint density at radius 1 is 1.17 bits per heavy atom. The van der Waals surface area contributed by atoms with Crippen molar-refractivity contribution in [1.82, 2.24) is 9.88 Å².